The summed E-state index contributed by atoms with van der Waals surface area (Å²) in [4.78, 5) is 26.7. The van der Waals surface area contributed by atoms with Gasteiger partial charge in [-0.05, 0) is 50.5 Å². The number of rotatable bonds is 5. The summed E-state index contributed by atoms with van der Waals surface area (Å²) in [5.74, 6) is 0.560. The zero-order valence-electron chi connectivity index (χ0n) is 14.1. The van der Waals surface area contributed by atoms with Gasteiger partial charge in [-0.25, -0.2) is 4.79 Å². The molecule has 5 nitrogen and oxygen atoms in total. The third-order valence-corrected chi connectivity index (χ3v) is 3.66. The Labute approximate surface area is 135 Å². The standard InChI is InChI=1S/C18H23N3O2/c1-5-7-8-21-16(15(6-2)17(22)20-18(21)23)19-14-10-12(3)9-13(4)11-14/h5,7,9-11,19H,6,8H2,1-4H3,(H,20,22,23). The summed E-state index contributed by atoms with van der Waals surface area (Å²) >= 11 is 0. The Kier molecular flexibility index (Phi) is 5.21. The van der Waals surface area contributed by atoms with Gasteiger partial charge in [0.1, 0.15) is 5.82 Å². The van der Waals surface area contributed by atoms with Gasteiger partial charge in [-0.15, -0.1) is 0 Å². The lowest BCUT2D eigenvalue weighted by molar-refractivity contribution is 0.732. The summed E-state index contributed by atoms with van der Waals surface area (Å²) in [5, 5.41) is 3.27. The molecule has 0 unspecified atom stereocenters. The second-order valence-electron chi connectivity index (χ2n) is 5.62. The molecule has 1 aromatic heterocycles. The number of aryl methyl sites for hydroxylation is 2. The first-order valence-corrected chi connectivity index (χ1v) is 7.78. The maximum absolute atomic E-state index is 12.2. The molecule has 0 aliphatic heterocycles. The molecule has 2 N–H and O–H groups in total. The quantitative estimate of drug-likeness (QED) is 0.834. The fourth-order valence-electron chi connectivity index (χ4n) is 2.65. The highest BCUT2D eigenvalue weighted by atomic mass is 16.2. The molecule has 2 rings (SSSR count). The lowest BCUT2D eigenvalue weighted by Gasteiger charge is -2.17. The van der Waals surface area contributed by atoms with Crippen molar-refractivity contribution in [3.8, 4) is 0 Å². The van der Waals surface area contributed by atoms with Crippen molar-refractivity contribution in [2.45, 2.75) is 40.7 Å². The van der Waals surface area contributed by atoms with Gasteiger partial charge in [0, 0.05) is 12.2 Å². The van der Waals surface area contributed by atoms with Crippen molar-refractivity contribution in [2.24, 2.45) is 0 Å². The number of nitrogens with zero attached hydrogens (tertiary/aromatic N) is 1. The van der Waals surface area contributed by atoms with Crippen molar-refractivity contribution in [1.29, 1.82) is 0 Å². The molecule has 122 valence electrons. The fraction of sp³-hybridized carbons (Fsp3) is 0.333. The number of hydrogen-bond acceptors (Lipinski definition) is 3. The second kappa shape index (κ2) is 7.13. The first-order valence-electron chi connectivity index (χ1n) is 7.78. The number of nitrogens with one attached hydrogen (secondary N) is 2. The van der Waals surface area contributed by atoms with E-state index in [0.29, 0.717) is 24.3 Å². The van der Waals surface area contributed by atoms with E-state index in [9.17, 15) is 9.59 Å². The molecule has 1 heterocycles. The molecule has 0 saturated carbocycles. The van der Waals surface area contributed by atoms with Gasteiger partial charge in [0.2, 0.25) is 0 Å². The third kappa shape index (κ3) is 3.80. The van der Waals surface area contributed by atoms with E-state index in [1.54, 1.807) is 4.57 Å². The Morgan fingerprint density at radius 1 is 1.17 bits per heavy atom. The number of hydrogen-bond donors (Lipinski definition) is 2. The van der Waals surface area contributed by atoms with Gasteiger partial charge in [-0.3, -0.25) is 14.3 Å². The number of allylic oxidation sites excluding steroid dienone is 2. The van der Waals surface area contributed by atoms with Crippen LogP contribution in [0.1, 0.15) is 30.5 Å². The average Bonchev–Trinajstić information content (AvgIpc) is 2.46. The molecule has 0 aliphatic carbocycles. The number of H-pyrrole nitrogens is 1. The van der Waals surface area contributed by atoms with Crippen molar-refractivity contribution < 1.29 is 0 Å². The molecule has 0 amide bonds. The van der Waals surface area contributed by atoms with Crippen LogP contribution in [0.25, 0.3) is 0 Å². The predicted molar refractivity (Wildman–Crippen MR) is 94.7 cm³/mol. The molecule has 0 fully saturated rings. The fourth-order valence-corrected chi connectivity index (χ4v) is 2.65. The van der Waals surface area contributed by atoms with Crippen LogP contribution in [-0.2, 0) is 13.0 Å². The minimum Gasteiger partial charge on any atom is -0.341 e. The largest absolute Gasteiger partial charge is 0.341 e. The lowest BCUT2D eigenvalue weighted by Crippen LogP contribution is -2.34. The van der Waals surface area contributed by atoms with Gasteiger partial charge in [0.15, 0.2) is 0 Å². The van der Waals surface area contributed by atoms with Crippen molar-refractivity contribution in [2.75, 3.05) is 5.32 Å². The zero-order valence-corrected chi connectivity index (χ0v) is 14.1. The smallest absolute Gasteiger partial charge is 0.330 e. The summed E-state index contributed by atoms with van der Waals surface area (Å²) in [6.07, 6.45) is 4.30. The van der Waals surface area contributed by atoms with Crippen LogP contribution in [0.15, 0.2) is 39.9 Å². The lowest BCUT2D eigenvalue weighted by atomic mass is 10.1. The van der Waals surface area contributed by atoms with E-state index < -0.39 is 5.69 Å². The molecular formula is C18H23N3O2. The molecule has 0 aliphatic rings. The molecule has 5 heteroatoms. The van der Waals surface area contributed by atoms with Crippen molar-refractivity contribution in [1.82, 2.24) is 9.55 Å². The molecule has 1 aromatic carbocycles. The molecule has 23 heavy (non-hydrogen) atoms. The highest BCUT2D eigenvalue weighted by Crippen LogP contribution is 2.20. The number of aromatic amines is 1. The molecular weight excluding hydrogens is 290 g/mol. The summed E-state index contributed by atoms with van der Waals surface area (Å²) < 4.78 is 1.55. The Hall–Kier alpha value is -2.56. The van der Waals surface area contributed by atoms with Crippen LogP contribution in [0.2, 0.25) is 0 Å². The Morgan fingerprint density at radius 2 is 1.83 bits per heavy atom. The van der Waals surface area contributed by atoms with E-state index in [-0.39, 0.29) is 5.56 Å². The molecule has 0 spiro atoms. The van der Waals surface area contributed by atoms with E-state index in [1.165, 1.54) is 0 Å². The van der Waals surface area contributed by atoms with Crippen LogP contribution >= 0.6 is 0 Å². The first-order chi connectivity index (χ1) is 11.0. The summed E-state index contributed by atoms with van der Waals surface area (Å²) in [6.45, 7) is 8.25. The SMILES string of the molecule is CC=CCn1c(Nc2cc(C)cc(C)c2)c(CC)c(=O)[nH]c1=O. The van der Waals surface area contributed by atoms with Gasteiger partial charge in [-0.2, -0.15) is 0 Å². The Bertz CT molecular complexity index is 824. The van der Waals surface area contributed by atoms with E-state index in [4.69, 9.17) is 0 Å². The minimum absolute atomic E-state index is 0.332. The monoisotopic (exact) mass is 313 g/mol. The van der Waals surface area contributed by atoms with Crippen molar-refractivity contribution >= 4 is 11.5 Å². The Morgan fingerprint density at radius 3 is 2.39 bits per heavy atom. The normalized spacial score (nSPS) is 11.1. The van der Waals surface area contributed by atoms with Gasteiger partial charge in [0.05, 0.1) is 5.56 Å². The molecule has 0 radical (unpaired) electrons. The van der Waals surface area contributed by atoms with Crippen molar-refractivity contribution in [3.05, 3.63) is 67.9 Å². The number of anilines is 2. The van der Waals surface area contributed by atoms with E-state index in [2.05, 4.69) is 16.4 Å². The van der Waals surface area contributed by atoms with E-state index in [0.717, 1.165) is 16.8 Å². The highest BCUT2D eigenvalue weighted by Gasteiger charge is 2.13. The topological polar surface area (TPSA) is 66.9 Å². The van der Waals surface area contributed by atoms with Gasteiger partial charge in [-0.1, -0.05) is 25.1 Å². The van der Waals surface area contributed by atoms with Crippen molar-refractivity contribution in [3.63, 3.8) is 0 Å². The molecule has 0 saturated heterocycles. The maximum atomic E-state index is 12.2. The number of aromatic nitrogens is 2. The summed E-state index contributed by atoms with van der Waals surface area (Å²) in [5.41, 5.74) is 2.96. The van der Waals surface area contributed by atoms with Gasteiger partial charge in [0.25, 0.3) is 5.56 Å². The Balaban J connectivity index is 2.62. The first kappa shape index (κ1) is 16.8. The van der Waals surface area contributed by atoms with Gasteiger partial charge >= 0.3 is 5.69 Å². The molecule has 2 aromatic rings. The van der Waals surface area contributed by atoms with Crippen LogP contribution in [0, 0.1) is 13.8 Å². The van der Waals surface area contributed by atoms with Crippen LogP contribution in [-0.4, -0.2) is 9.55 Å². The molecule has 0 atom stereocenters. The maximum Gasteiger partial charge on any atom is 0.330 e. The number of benzene rings is 1. The average molecular weight is 313 g/mol. The van der Waals surface area contributed by atoms with E-state index >= 15 is 0 Å². The zero-order chi connectivity index (χ0) is 17.0. The second-order valence-corrected chi connectivity index (χ2v) is 5.62. The highest BCUT2D eigenvalue weighted by molar-refractivity contribution is 5.61. The summed E-state index contributed by atoms with van der Waals surface area (Å²) in [6, 6.07) is 6.08. The van der Waals surface area contributed by atoms with E-state index in [1.807, 2.05) is 52.0 Å². The van der Waals surface area contributed by atoms with Crippen LogP contribution in [0.4, 0.5) is 11.5 Å². The molecule has 0 bridgehead atoms. The van der Waals surface area contributed by atoms with Crippen LogP contribution < -0.4 is 16.6 Å². The third-order valence-electron chi connectivity index (χ3n) is 3.66. The van der Waals surface area contributed by atoms with Gasteiger partial charge < -0.3 is 5.32 Å². The van der Waals surface area contributed by atoms with Crippen LogP contribution in [0.3, 0.4) is 0 Å². The predicted octanol–water partition coefficient (Wildman–Crippen LogP) is 3.04. The summed E-state index contributed by atoms with van der Waals surface area (Å²) in [7, 11) is 0. The minimum atomic E-state index is -0.405. The van der Waals surface area contributed by atoms with Crippen LogP contribution in [0.5, 0.6) is 0 Å².